The molecule has 2 aromatic rings. The number of unbranched alkanes of at least 4 members (excludes halogenated alkanes) is 1. The van der Waals surface area contributed by atoms with Gasteiger partial charge in [-0.15, -0.1) is 0 Å². The lowest BCUT2D eigenvalue weighted by Gasteiger charge is -2.14. The summed E-state index contributed by atoms with van der Waals surface area (Å²) in [7, 11) is 0. The predicted molar refractivity (Wildman–Crippen MR) is 85.8 cm³/mol. The van der Waals surface area contributed by atoms with E-state index in [4.69, 9.17) is 5.11 Å². The molecule has 1 aromatic heterocycles. The van der Waals surface area contributed by atoms with Crippen molar-refractivity contribution in [2.75, 3.05) is 0 Å². The summed E-state index contributed by atoms with van der Waals surface area (Å²) in [6, 6.07) is 5.12. The summed E-state index contributed by atoms with van der Waals surface area (Å²) in [6.45, 7) is 3.99. The molecule has 1 aromatic carbocycles. The molecule has 1 unspecified atom stereocenters. The lowest BCUT2D eigenvalue weighted by Crippen LogP contribution is -2.41. The average Bonchev–Trinajstić information content (AvgIpc) is 2.87. The Labute approximate surface area is 129 Å². The van der Waals surface area contributed by atoms with Crippen LogP contribution in [0.25, 0.3) is 10.9 Å². The second kappa shape index (κ2) is 7.11. The Balaban J connectivity index is 2.08. The number of fused-ring (bicyclic) bond motifs is 1. The van der Waals surface area contributed by atoms with E-state index in [0.717, 1.165) is 34.9 Å². The van der Waals surface area contributed by atoms with Crippen LogP contribution in [0.3, 0.4) is 0 Å². The number of carboxylic acid groups (broad SMARTS) is 1. The van der Waals surface area contributed by atoms with E-state index in [1.165, 1.54) is 0 Å². The average molecular weight is 302 g/mol. The Hall–Kier alpha value is -2.30. The molecule has 0 aliphatic rings. The van der Waals surface area contributed by atoms with Crippen molar-refractivity contribution in [1.29, 1.82) is 0 Å². The Morgan fingerprint density at radius 3 is 2.82 bits per heavy atom. The van der Waals surface area contributed by atoms with Crippen molar-refractivity contribution in [2.45, 2.75) is 45.6 Å². The van der Waals surface area contributed by atoms with Gasteiger partial charge >= 0.3 is 5.97 Å². The van der Waals surface area contributed by atoms with Gasteiger partial charge in [0.25, 0.3) is 0 Å². The van der Waals surface area contributed by atoms with Crippen LogP contribution in [0.1, 0.15) is 37.3 Å². The number of hydrogen-bond donors (Lipinski definition) is 3. The van der Waals surface area contributed by atoms with Crippen molar-refractivity contribution < 1.29 is 14.7 Å². The molecule has 0 saturated carbocycles. The van der Waals surface area contributed by atoms with Crippen LogP contribution in [0.4, 0.5) is 0 Å². The van der Waals surface area contributed by atoms with Crippen LogP contribution < -0.4 is 5.32 Å². The molecule has 22 heavy (non-hydrogen) atoms. The number of aromatic amines is 1. The molecule has 0 fully saturated rings. The first kappa shape index (κ1) is 16.1. The van der Waals surface area contributed by atoms with Crippen LogP contribution >= 0.6 is 0 Å². The zero-order chi connectivity index (χ0) is 16.1. The highest BCUT2D eigenvalue weighted by atomic mass is 16.4. The summed E-state index contributed by atoms with van der Waals surface area (Å²) in [5.74, 6) is -1.23. The van der Waals surface area contributed by atoms with E-state index >= 15 is 0 Å². The number of aliphatic carboxylic acids is 1. The van der Waals surface area contributed by atoms with Crippen LogP contribution in [0, 0.1) is 6.92 Å². The van der Waals surface area contributed by atoms with E-state index in [1.54, 1.807) is 0 Å². The molecular formula is C17H22N2O3. The number of aryl methyl sites for hydroxylation is 1. The summed E-state index contributed by atoms with van der Waals surface area (Å²) >= 11 is 0. The number of carbonyl (C=O) groups is 2. The quantitative estimate of drug-likeness (QED) is 0.735. The van der Waals surface area contributed by atoms with E-state index in [-0.39, 0.29) is 12.3 Å². The fraction of sp³-hybridized carbons (Fsp3) is 0.412. The van der Waals surface area contributed by atoms with Gasteiger partial charge in [0.1, 0.15) is 6.04 Å². The molecule has 5 heteroatoms. The number of amides is 1. The molecule has 2 rings (SSSR count). The molecule has 1 atom stereocenters. The molecular weight excluding hydrogens is 280 g/mol. The highest BCUT2D eigenvalue weighted by molar-refractivity contribution is 5.92. The minimum atomic E-state index is -0.975. The number of H-pyrrole nitrogens is 1. The van der Waals surface area contributed by atoms with E-state index < -0.39 is 12.0 Å². The number of aromatic nitrogens is 1. The van der Waals surface area contributed by atoms with Crippen molar-refractivity contribution in [2.24, 2.45) is 0 Å². The van der Waals surface area contributed by atoms with E-state index in [0.29, 0.717) is 6.42 Å². The van der Waals surface area contributed by atoms with E-state index in [9.17, 15) is 9.59 Å². The summed E-state index contributed by atoms with van der Waals surface area (Å²) in [5.41, 5.74) is 2.98. The highest BCUT2D eigenvalue weighted by Crippen LogP contribution is 2.22. The summed E-state index contributed by atoms with van der Waals surface area (Å²) < 4.78 is 0. The van der Waals surface area contributed by atoms with Crippen LogP contribution in [0.2, 0.25) is 0 Å². The molecule has 0 saturated heterocycles. The van der Waals surface area contributed by atoms with Crippen molar-refractivity contribution in [3.8, 4) is 0 Å². The van der Waals surface area contributed by atoms with Gasteiger partial charge in [0, 0.05) is 17.1 Å². The van der Waals surface area contributed by atoms with Gasteiger partial charge in [-0.2, -0.15) is 0 Å². The van der Waals surface area contributed by atoms with Gasteiger partial charge < -0.3 is 15.4 Å². The fourth-order valence-electron chi connectivity index (χ4n) is 2.67. The van der Waals surface area contributed by atoms with Gasteiger partial charge in [0.15, 0.2) is 0 Å². The Bertz CT molecular complexity index is 676. The predicted octanol–water partition coefficient (Wildman–Crippen LogP) is 2.78. The van der Waals surface area contributed by atoms with E-state index in [1.807, 2.05) is 38.2 Å². The fourth-order valence-corrected chi connectivity index (χ4v) is 2.67. The summed E-state index contributed by atoms with van der Waals surface area (Å²) in [5, 5.41) is 12.8. The maximum absolute atomic E-state index is 12.2. The summed E-state index contributed by atoms with van der Waals surface area (Å²) in [4.78, 5) is 26.5. The lowest BCUT2D eigenvalue weighted by atomic mass is 10.0. The van der Waals surface area contributed by atoms with Crippen LogP contribution in [0.5, 0.6) is 0 Å². The van der Waals surface area contributed by atoms with Gasteiger partial charge in [-0.3, -0.25) is 4.79 Å². The van der Waals surface area contributed by atoms with Crippen molar-refractivity contribution >= 4 is 22.8 Å². The molecule has 0 bridgehead atoms. The second-order valence-electron chi connectivity index (χ2n) is 5.59. The number of carbonyl (C=O) groups excluding carboxylic acids is 1. The standard InChI is InChI=1S/C17H22N2O3/c1-3-4-7-14(17(21)22)19-15(20)9-12-10-18-13-8-5-6-11(2)16(12)13/h5-6,8,10,14,18H,3-4,7,9H2,1-2H3,(H,19,20)(H,21,22). The largest absolute Gasteiger partial charge is 0.480 e. The molecule has 0 spiro atoms. The first-order valence-corrected chi connectivity index (χ1v) is 7.60. The SMILES string of the molecule is CCCCC(NC(=O)Cc1c[nH]c2cccc(C)c12)C(=O)O. The number of benzene rings is 1. The minimum Gasteiger partial charge on any atom is -0.480 e. The molecule has 1 amide bonds. The first-order chi connectivity index (χ1) is 10.5. The Kier molecular flexibility index (Phi) is 5.20. The molecule has 0 radical (unpaired) electrons. The Morgan fingerprint density at radius 2 is 2.14 bits per heavy atom. The Morgan fingerprint density at radius 1 is 1.36 bits per heavy atom. The van der Waals surface area contributed by atoms with Crippen LogP contribution in [0.15, 0.2) is 24.4 Å². The van der Waals surface area contributed by atoms with Crippen LogP contribution in [-0.4, -0.2) is 28.0 Å². The van der Waals surface area contributed by atoms with Gasteiger partial charge in [-0.05, 0) is 30.5 Å². The van der Waals surface area contributed by atoms with Gasteiger partial charge in [0.05, 0.1) is 6.42 Å². The topological polar surface area (TPSA) is 82.2 Å². The molecule has 118 valence electrons. The van der Waals surface area contributed by atoms with Crippen LogP contribution in [-0.2, 0) is 16.0 Å². The maximum atomic E-state index is 12.2. The lowest BCUT2D eigenvalue weighted by molar-refractivity contribution is -0.141. The monoisotopic (exact) mass is 302 g/mol. The number of carboxylic acids is 1. The zero-order valence-electron chi connectivity index (χ0n) is 13.0. The molecule has 5 nitrogen and oxygen atoms in total. The number of nitrogens with one attached hydrogen (secondary N) is 2. The van der Waals surface area contributed by atoms with E-state index in [2.05, 4.69) is 10.3 Å². The van der Waals surface area contributed by atoms with Crippen molar-refractivity contribution in [3.05, 3.63) is 35.5 Å². The zero-order valence-corrected chi connectivity index (χ0v) is 13.0. The third-order valence-corrected chi connectivity index (χ3v) is 3.83. The smallest absolute Gasteiger partial charge is 0.326 e. The molecule has 0 aliphatic heterocycles. The molecule has 3 N–H and O–H groups in total. The number of rotatable bonds is 7. The highest BCUT2D eigenvalue weighted by Gasteiger charge is 2.20. The normalized spacial score (nSPS) is 12.3. The second-order valence-corrected chi connectivity index (χ2v) is 5.59. The minimum absolute atomic E-state index is 0.181. The van der Waals surface area contributed by atoms with Gasteiger partial charge in [-0.1, -0.05) is 31.9 Å². The van der Waals surface area contributed by atoms with Gasteiger partial charge in [-0.25, -0.2) is 4.79 Å². The maximum Gasteiger partial charge on any atom is 0.326 e. The first-order valence-electron chi connectivity index (χ1n) is 7.60. The van der Waals surface area contributed by atoms with Gasteiger partial charge in [0.2, 0.25) is 5.91 Å². The number of hydrogen-bond acceptors (Lipinski definition) is 2. The molecule has 1 heterocycles. The van der Waals surface area contributed by atoms with Crippen molar-refractivity contribution in [1.82, 2.24) is 10.3 Å². The summed E-state index contributed by atoms with van der Waals surface area (Å²) in [6.07, 6.45) is 4.15. The van der Waals surface area contributed by atoms with Crippen molar-refractivity contribution in [3.63, 3.8) is 0 Å². The molecule has 0 aliphatic carbocycles. The third kappa shape index (κ3) is 3.67. The third-order valence-electron chi connectivity index (χ3n) is 3.83.